The molecular weight excluding hydrogens is 382 g/mol. The summed E-state index contributed by atoms with van der Waals surface area (Å²) in [5.41, 5.74) is 3.43. The number of aliphatic hydroxyl groups excluding tert-OH is 1. The lowest BCUT2D eigenvalue weighted by Gasteiger charge is -2.36. The van der Waals surface area contributed by atoms with Crippen LogP contribution in [0.25, 0.3) is 0 Å². The Kier molecular flexibility index (Phi) is 5.63. The Hall–Kier alpha value is -3.06. The first-order valence-corrected chi connectivity index (χ1v) is 10.2. The first-order chi connectivity index (χ1) is 14.4. The molecule has 0 unspecified atom stereocenters. The highest BCUT2D eigenvalue weighted by atomic mass is 16.5. The van der Waals surface area contributed by atoms with Gasteiger partial charge in [0.05, 0.1) is 6.54 Å². The fourth-order valence-electron chi connectivity index (χ4n) is 3.94. The third kappa shape index (κ3) is 4.26. The molecule has 158 valence electrons. The van der Waals surface area contributed by atoms with E-state index in [1.54, 1.807) is 17.0 Å². The second kappa shape index (κ2) is 8.36. The Bertz CT molecular complexity index is 959. The molecule has 7 heteroatoms. The van der Waals surface area contributed by atoms with Crippen molar-refractivity contribution in [3.05, 3.63) is 53.6 Å². The van der Waals surface area contributed by atoms with Gasteiger partial charge in [0.25, 0.3) is 5.91 Å². The van der Waals surface area contributed by atoms with Crippen LogP contribution < -0.4 is 15.0 Å². The number of aryl methyl sites for hydroxylation is 1. The molecule has 0 spiro atoms. The van der Waals surface area contributed by atoms with Crippen LogP contribution in [0, 0.1) is 0 Å². The summed E-state index contributed by atoms with van der Waals surface area (Å²) in [6.45, 7) is 0.754. The second-order valence-corrected chi connectivity index (χ2v) is 8.08. The molecule has 4 rings (SSSR count). The van der Waals surface area contributed by atoms with Crippen LogP contribution in [-0.4, -0.2) is 61.2 Å². The van der Waals surface area contributed by atoms with Crippen LogP contribution in [0.15, 0.2) is 42.5 Å². The first kappa shape index (κ1) is 20.2. The Morgan fingerprint density at radius 2 is 2.03 bits per heavy atom. The van der Waals surface area contributed by atoms with Crippen LogP contribution in [0.5, 0.6) is 5.75 Å². The number of fused-ring (bicyclic) bond motifs is 1. The second-order valence-electron chi connectivity index (χ2n) is 8.08. The van der Waals surface area contributed by atoms with E-state index in [1.165, 1.54) is 0 Å². The number of rotatable bonds is 4. The number of carbonyl (C=O) groups is 2. The maximum Gasteiger partial charge on any atom is 0.254 e. The Morgan fingerprint density at radius 1 is 1.20 bits per heavy atom. The normalized spacial score (nSPS) is 20.9. The summed E-state index contributed by atoms with van der Waals surface area (Å²) in [5, 5.41) is 13.5. The number of hydrogen-bond acceptors (Lipinski definition) is 5. The minimum absolute atomic E-state index is 0.0275. The third-order valence-corrected chi connectivity index (χ3v) is 5.68. The molecule has 1 fully saturated rings. The van der Waals surface area contributed by atoms with Crippen molar-refractivity contribution in [3.63, 3.8) is 0 Å². The predicted molar refractivity (Wildman–Crippen MR) is 115 cm³/mol. The minimum Gasteiger partial charge on any atom is -0.488 e. The van der Waals surface area contributed by atoms with Crippen LogP contribution in [-0.2, 0) is 11.2 Å². The van der Waals surface area contributed by atoms with Gasteiger partial charge in [-0.1, -0.05) is 6.07 Å². The Labute approximate surface area is 176 Å². The Morgan fingerprint density at radius 3 is 2.80 bits per heavy atom. The van der Waals surface area contributed by atoms with Gasteiger partial charge >= 0.3 is 0 Å². The number of likely N-dealkylation sites (tertiary alicyclic amines) is 1. The van der Waals surface area contributed by atoms with E-state index in [2.05, 4.69) is 5.32 Å². The fourth-order valence-corrected chi connectivity index (χ4v) is 3.94. The smallest absolute Gasteiger partial charge is 0.254 e. The number of piperidine rings is 1. The zero-order chi connectivity index (χ0) is 21.3. The SMILES string of the molecule is CN(C)c1cccc(C(=O)N2CC[C@@H](Oc3ccc4c(c3)CCC(=O)N4)[C@H](O)C2)c1. The van der Waals surface area contributed by atoms with Crippen LogP contribution in [0.2, 0.25) is 0 Å². The van der Waals surface area contributed by atoms with Crippen molar-refractivity contribution in [1.29, 1.82) is 0 Å². The molecule has 0 bridgehead atoms. The van der Waals surface area contributed by atoms with E-state index in [4.69, 9.17) is 4.74 Å². The van der Waals surface area contributed by atoms with Crippen molar-refractivity contribution in [3.8, 4) is 5.75 Å². The van der Waals surface area contributed by atoms with Crippen LogP contribution >= 0.6 is 0 Å². The molecule has 2 aromatic carbocycles. The van der Waals surface area contributed by atoms with Crippen molar-refractivity contribution < 1.29 is 19.4 Å². The van der Waals surface area contributed by atoms with E-state index >= 15 is 0 Å². The molecule has 0 saturated carbocycles. The van der Waals surface area contributed by atoms with E-state index in [-0.39, 0.29) is 24.5 Å². The maximum absolute atomic E-state index is 12.9. The van der Waals surface area contributed by atoms with Gasteiger partial charge in [-0.25, -0.2) is 0 Å². The minimum atomic E-state index is -0.768. The number of β-amino-alcohol motifs (C(OH)–C–C–N with tert-alkyl or cyclic N) is 1. The molecule has 2 amide bonds. The van der Waals surface area contributed by atoms with Crippen LogP contribution in [0.4, 0.5) is 11.4 Å². The molecule has 2 heterocycles. The summed E-state index contributed by atoms with van der Waals surface area (Å²) in [7, 11) is 3.87. The highest BCUT2D eigenvalue weighted by molar-refractivity contribution is 5.95. The summed E-state index contributed by atoms with van der Waals surface area (Å²) in [6.07, 6.45) is 0.552. The van der Waals surface area contributed by atoms with Gasteiger partial charge in [0.1, 0.15) is 18.0 Å². The van der Waals surface area contributed by atoms with E-state index in [0.717, 1.165) is 16.9 Å². The molecule has 2 N–H and O–H groups in total. The van der Waals surface area contributed by atoms with Crippen molar-refractivity contribution in [1.82, 2.24) is 4.90 Å². The zero-order valence-corrected chi connectivity index (χ0v) is 17.3. The van der Waals surface area contributed by atoms with Gasteiger partial charge in [-0.2, -0.15) is 0 Å². The number of anilines is 2. The van der Waals surface area contributed by atoms with Crippen molar-refractivity contribution in [2.45, 2.75) is 31.5 Å². The van der Waals surface area contributed by atoms with Gasteiger partial charge in [0.2, 0.25) is 5.91 Å². The lowest BCUT2D eigenvalue weighted by Crippen LogP contribution is -2.51. The monoisotopic (exact) mass is 409 g/mol. The predicted octanol–water partition coefficient (Wildman–Crippen LogP) is 2.29. The summed E-state index contributed by atoms with van der Waals surface area (Å²) in [6, 6.07) is 13.1. The summed E-state index contributed by atoms with van der Waals surface area (Å²) >= 11 is 0. The molecular formula is C23H27N3O4. The highest BCUT2D eigenvalue weighted by Crippen LogP contribution is 2.29. The van der Waals surface area contributed by atoms with E-state index in [9.17, 15) is 14.7 Å². The Balaban J connectivity index is 1.39. The lowest BCUT2D eigenvalue weighted by molar-refractivity contribution is -0.116. The summed E-state index contributed by atoms with van der Waals surface area (Å²) < 4.78 is 6.04. The largest absolute Gasteiger partial charge is 0.488 e. The number of carbonyl (C=O) groups excluding carboxylic acids is 2. The fraction of sp³-hybridized carbons (Fsp3) is 0.391. The van der Waals surface area contributed by atoms with Crippen LogP contribution in [0.1, 0.15) is 28.8 Å². The maximum atomic E-state index is 12.9. The van der Waals surface area contributed by atoms with E-state index in [0.29, 0.717) is 37.1 Å². The van der Waals surface area contributed by atoms with Gasteiger partial charge in [0.15, 0.2) is 0 Å². The number of nitrogens with zero attached hydrogens (tertiary/aromatic N) is 2. The highest BCUT2D eigenvalue weighted by Gasteiger charge is 2.32. The quantitative estimate of drug-likeness (QED) is 0.810. The van der Waals surface area contributed by atoms with Crippen molar-refractivity contribution >= 4 is 23.2 Å². The van der Waals surface area contributed by atoms with E-state index in [1.807, 2.05) is 49.3 Å². The van der Waals surface area contributed by atoms with Gasteiger partial charge in [-0.05, 0) is 48.4 Å². The molecule has 0 aliphatic carbocycles. The topological polar surface area (TPSA) is 82.1 Å². The number of benzene rings is 2. The zero-order valence-electron chi connectivity index (χ0n) is 17.3. The molecule has 30 heavy (non-hydrogen) atoms. The van der Waals surface area contributed by atoms with Gasteiger partial charge in [-0.3, -0.25) is 9.59 Å². The van der Waals surface area contributed by atoms with Crippen LogP contribution in [0.3, 0.4) is 0 Å². The molecule has 7 nitrogen and oxygen atoms in total. The van der Waals surface area contributed by atoms with Gasteiger partial charge in [0, 0.05) is 50.4 Å². The molecule has 2 aliphatic rings. The molecule has 0 aromatic heterocycles. The summed E-state index contributed by atoms with van der Waals surface area (Å²) in [4.78, 5) is 28.0. The van der Waals surface area contributed by atoms with Crippen molar-refractivity contribution in [2.24, 2.45) is 0 Å². The molecule has 2 aromatic rings. The number of nitrogens with one attached hydrogen (secondary N) is 1. The number of hydrogen-bond donors (Lipinski definition) is 2. The first-order valence-electron chi connectivity index (χ1n) is 10.2. The van der Waals surface area contributed by atoms with Gasteiger partial charge in [-0.15, -0.1) is 0 Å². The number of amides is 2. The lowest BCUT2D eigenvalue weighted by atomic mass is 10.0. The third-order valence-electron chi connectivity index (χ3n) is 5.68. The number of aliphatic hydroxyl groups is 1. The standard InChI is InChI=1S/C23H27N3O4/c1-25(2)17-5-3-4-16(12-17)23(29)26-11-10-21(20(27)14-26)30-18-7-8-19-15(13-18)6-9-22(28)24-19/h3-5,7-8,12-13,20-21,27H,6,9-11,14H2,1-2H3,(H,24,28)/t20-,21-/m1/s1. The van der Waals surface area contributed by atoms with Gasteiger partial charge < -0.3 is 25.0 Å². The average molecular weight is 409 g/mol. The molecule has 2 aliphatic heterocycles. The number of ether oxygens (including phenoxy) is 1. The molecule has 1 saturated heterocycles. The molecule has 2 atom stereocenters. The van der Waals surface area contributed by atoms with Crippen molar-refractivity contribution in [2.75, 3.05) is 37.4 Å². The van der Waals surface area contributed by atoms with E-state index < -0.39 is 6.10 Å². The summed E-state index contributed by atoms with van der Waals surface area (Å²) in [5.74, 6) is 0.618. The average Bonchev–Trinajstić information content (AvgIpc) is 2.74. The molecule has 0 radical (unpaired) electrons.